The SMILES string of the molecule is CC(=O)N1CC=C(c2ccc(-c3nc4nc(O[C@H]5CC[C@H](C(C)(C)CO)CC5)[nH]c4cc3Cl)cc2)CC1. The third-order valence-corrected chi connectivity index (χ3v) is 8.34. The van der Waals surface area contributed by atoms with Gasteiger partial charge in [0.15, 0.2) is 5.65 Å². The normalized spacial score (nSPS) is 20.7. The Morgan fingerprint density at radius 3 is 2.49 bits per heavy atom. The van der Waals surface area contributed by atoms with Crippen molar-refractivity contribution < 1.29 is 14.6 Å². The number of rotatable bonds is 6. The first-order chi connectivity index (χ1) is 17.7. The van der Waals surface area contributed by atoms with E-state index in [0.29, 0.717) is 34.8 Å². The van der Waals surface area contributed by atoms with Gasteiger partial charge in [0.1, 0.15) is 6.10 Å². The van der Waals surface area contributed by atoms with Gasteiger partial charge in [-0.15, -0.1) is 0 Å². The number of hydrogen-bond acceptors (Lipinski definition) is 5. The second-order valence-corrected chi connectivity index (χ2v) is 11.4. The average Bonchev–Trinajstić information content (AvgIpc) is 3.29. The highest BCUT2D eigenvalue weighted by atomic mass is 35.5. The van der Waals surface area contributed by atoms with Gasteiger partial charge in [0.25, 0.3) is 6.01 Å². The molecule has 0 bridgehead atoms. The minimum absolute atomic E-state index is 0.0519. The number of aromatic amines is 1. The van der Waals surface area contributed by atoms with E-state index in [-0.39, 0.29) is 24.0 Å². The van der Waals surface area contributed by atoms with Gasteiger partial charge < -0.3 is 19.7 Å². The van der Waals surface area contributed by atoms with Gasteiger partial charge >= 0.3 is 0 Å². The van der Waals surface area contributed by atoms with E-state index in [4.69, 9.17) is 21.3 Å². The van der Waals surface area contributed by atoms with Crippen molar-refractivity contribution in [1.82, 2.24) is 19.9 Å². The van der Waals surface area contributed by atoms with Crippen LogP contribution in [0.15, 0.2) is 36.4 Å². The number of imidazole rings is 1. The molecule has 3 heterocycles. The third kappa shape index (κ3) is 5.53. The molecule has 1 aliphatic heterocycles. The van der Waals surface area contributed by atoms with Crippen LogP contribution in [-0.2, 0) is 4.79 Å². The van der Waals surface area contributed by atoms with Crippen LogP contribution in [0.2, 0.25) is 5.02 Å². The van der Waals surface area contributed by atoms with Gasteiger partial charge in [-0.2, -0.15) is 4.98 Å². The molecule has 5 rings (SSSR count). The van der Waals surface area contributed by atoms with E-state index in [2.05, 4.69) is 42.0 Å². The van der Waals surface area contributed by atoms with Crippen molar-refractivity contribution in [1.29, 1.82) is 0 Å². The number of hydrogen-bond donors (Lipinski definition) is 2. The van der Waals surface area contributed by atoms with Crippen LogP contribution in [0.25, 0.3) is 28.0 Å². The molecular formula is C29H35ClN4O3. The van der Waals surface area contributed by atoms with Crippen LogP contribution in [0.3, 0.4) is 0 Å². The minimum Gasteiger partial charge on any atom is -0.461 e. The van der Waals surface area contributed by atoms with Crippen LogP contribution in [-0.4, -0.2) is 56.7 Å². The number of aliphatic hydroxyl groups is 1. The topological polar surface area (TPSA) is 91.3 Å². The maximum absolute atomic E-state index is 11.6. The van der Waals surface area contributed by atoms with Crippen LogP contribution in [0, 0.1) is 11.3 Å². The van der Waals surface area contributed by atoms with Gasteiger partial charge in [-0.3, -0.25) is 4.79 Å². The molecule has 2 aromatic heterocycles. The van der Waals surface area contributed by atoms with E-state index in [0.717, 1.165) is 55.3 Å². The molecule has 0 spiro atoms. The fourth-order valence-electron chi connectivity index (χ4n) is 5.46. The molecular weight excluding hydrogens is 488 g/mol. The summed E-state index contributed by atoms with van der Waals surface area (Å²) in [5.41, 5.74) is 5.28. The molecule has 1 amide bonds. The third-order valence-electron chi connectivity index (χ3n) is 8.05. The quantitative estimate of drug-likeness (QED) is 0.422. The van der Waals surface area contributed by atoms with E-state index >= 15 is 0 Å². The first-order valence-corrected chi connectivity index (χ1v) is 13.5. The van der Waals surface area contributed by atoms with E-state index in [1.165, 1.54) is 5.57 Å². The van der Waals surface area contributed by atoms with Crippen LogP contribution in [0.5, 0.6) is 6.01 Å². The van der Waals surface area contributed by atoms with Crippen molar-refractivity contribution in [3.63, 3.8) is 0 Å². The molecule has 1 fully saturated rings. The largest absolute Gasteiger partial charge is 0.461 e. The van der Waals surface area contributed by atoms with Gasteiger partial charge in [0.05, 0.1) is 16.2 Å². The van der Waals surface area contributed by atoms with Crippen molar-refractivity contribution in [2.24, 2.45) is 11.3 Å². The van der Waals surface area contributed by atoms with Crippen molar-refractivity contribution in [2.75, 3.05) is 19.7 Å². The fraction of sp³-hybridized carbons (Fsp3) is 0.483. The average molecular weight is 523 g/mol. The Bertz CT molecular complexity index is 1310. The fourth-order valence-corrected chi connectivity index (χ4v) is 5.72. The first-order valence-electron chi connectivity index (χ1n) is 13.1. The molecule has 1 aliphatic carbocycles. The Morgan fingerprint density at radius 2 is 1.86 bits per heavy atom. The zero-order valence-corrected chi connectivity index (χ0v) is 22.5. The Kier molecular flexibility index (Phi) is 7.28. The molecule has 0 radical (unpaired) electrons. The number of halogens is 1. The van der Waals surface area contributed by atoms with Gasteiger partial charge in [-0.1, -0.05) is 55.8 Å². The number of ether oxygens (including phenoxy) is 1. The number of amides is 1. The van der Waals surface area contributed by atoms with Crippen LogP contribution >= 0.6 is 11.6 Å². The van der Waals surface area contributed by atoms with Crippen molar-refractivity contribution in [3.05, 3.63) is 47.0 Å². The van der Waals surface area contributed by atoms with Crippen LogP contribution in [0.1, 0.15) is 58.4 Å². The summed E-state index contributed by atoms with van der Waals surface area (Å²) < 4.78 is 6.18. The summed E-state index contributed by atoms with van der Waals surface area (Å²) in [6.45, 7) is 7.49. The second-order valence-electron chi connectivity index (χ2n) is 11.0. The summed E-state index contributed by atoms with van der Waals surface area (Å²) in [4.78, 5) is 26.0. The van der Waals surface area contributed by atoms with Gasteiger partial charge in [-0.05, 0) is 60.6 Å². The molecule has 37 heavy (non-hydrogen) atoms. The van der Waals surface area contributed by atoms with Crippen molar-refractivity contribution >= 4 is 34.2 Å². The summed E-state index contributed by atoms with van der Waals surface area (Å²) in [5.74, 6) is 0.621. The lowest BCUT2D eigenvalue weighted by Gasteiger charge is -2.37. The Balaban J connectivity index is 1.28. The number of nitrogens with one attached hydrogen (secondary N) is 1. The van der Waals surface area contributed by atoms with E-state index in [1.54, 1.807) is 6.92 Å². The van der Waals surface area contributed by atoms with Crippen molar-refractivity contribution in [3.8, 4) is 17.3 Å². The number of benzene rings is 1. The molecule has 1 aromatic carbocycles. The molecule has 2 N–H and O–H groups in total. The highest BCUT2D eigenvalue weighted by molar-refractivity contribution is 6.33. The summed E-state index contributed by atoms with van der Waals surface area (Å²) in [5, 5.41) is 10.2. The predicted octanol–water partition coefficient (Wildman–Crippen LogP) is 5.87. The van der Waals surface area contributed by atoms with Gasteiger partial charge in [0, 0.05) is 32.2 Å². The highest BCUT2D eigenvalue weighted by Crippen LogP contribution is 2.39. The highest BCUT2D eigenvalue weighted by Gasteiger charge is 2.33. The molecule has 8 heteroatoms. The molecule has 3 aromatic rings. The lowest BCUT2D eigenvalue weighted by atomic mass is 9.71. The van der Waals surface area contributed by atoms with Gasteiger partial charge in [0.2, 0.25) is 5.91 Å². The Hall–Kier alpha value is -2.90. The summed E-state index contributed by atoms with van der Waals surface area (Å²) in [6, 6.07) is 10.6. The number of fused-ring (bicyclic) bond motifs is 1. The Labute approximate surface area is 222 Å². The van der Waals surface area contributed by atoms with E-state index in [9.17, 15) is 9.90 Å². The molecule has 1 saturated carbocycles. The molecule has 7 nitrogen and oxygen atoms in total. The number of H-pyrrole nitrogens is 1. The zero-order valence-electron chi connectivity index (χ0n) is 21.8. The number of carbonyl (C=O) groups excluding carboxylic acids is 1. The van der Waals surface area contributed by atoms with Gasteiger partial charge in [-0.25, -0.2) is 4.98 Å². The molecule has 2 aliphatic rings. The Morgan fingerprint density at radius 1 is 1.16 bits per heavy atom. The van der Waals surface area contributed by atoms with E-state index < -0.39 is 0 Å². The number of pyridine rings is 1. The maximum Gasteiger partial charge on any atom is 0.296 e. The lowest BCUT2D eigenvalue weighted by Crippen LogP contribution is -2.34. The minimum atomic E-state index is -0.0519. The number of aromatic nitrogens is 3. The summed E-state index contributed by atoms with van der Waals surface area (Å²) in [6.07, 6.45) is 7.04. The molecule has 0 atom stereocenters. The van der Waals surface area contributed by atoms with Crippen molar-refractivity contribution in [2.45, 2.75) is 59.0 Å². The van der Waals surface area contributed by atoms with E-state index in [1.807, 2.05) is 23.1 Å². The summed E-state index contributed by atoms with van der Waals surface area (Å²) in [7, 11) is 0. The smallest absolute Gasteiger partial charge is 0.296 e. The predicted molar refractivity (Wildman–Crippen MR) is 146 cm³/mol. The van der Waals surface area contributed by atoms with Crippen LogP contribution < -0.4 is 4.74 Å². The summed E-state index contributed by atoms with van der Waals surface area (Å²) >= 11 is 6.63. The zero-order chi connectivity index (χ0) is 26.2. The molecule has 0 saturated heterocycles. The first kappa shape index (κ1) is 25.7. The lowest BCUT2D eigenvalue weighted by molar-refractivity contribution is -0.128. The molecule has 0 unspecified atom stereocenters. The standard InChI is InChI=1S/C29H35ClN4O3/c1-18(36)34-14-12-20(13-15-34)19-4-6-21(7-5-19)26-24(30)16-25-27(32-26)33-28(31-25)37-23-10-8-22(9-11-23)29(2,3)17-35/h4-7,12,16,22-23,35H,8-11,13-15,17H2,1-3H3,(H,31,32,33)/t22-,23-. The number of aliphatic hydroxyl groups excluding tert-OH is 1. The number of nitrogens with zero attached hydrogens (tertiary/aromatic N) is 3. The second kappa shape index (κ2) is 10.5. The maximum atomic E-state index is 11.6. The number of carbonyl (C=O) groups is 1. The van der Waals surface area contributed by atoms with Crippen LogP contribution in [0.4, 0.5) is 0 Å². The monoisotopic (exact) mass is 522 g/mol. The molecule has 196 valence electrons.